The maximum atomic E-state index is 12.0. The first-order valence-corrected chi connectivity index (χ1v) is 6.82. The second-order valence-electron chi connectivity index (χ2n) is 3.56. The molecule has 0 aliphatic rings. The normalized spacial score (nSPS) is 11.1. The van der Waals surface area contributed by atoms with Gasteiger partial charge in [-0.05, 0) is 12.1 Å². The third-order valence-electron chi connectivity index (χ3n) is 2.29. The Morgan fingerprint density at radius 2 is 2.00 bits per heavy atom. The van der Waals surface area contributed by atoms with Gasteiger partial charge >= 0.3 is 5.97 Å². The van der Waals surface area contributed by atoms with E-state index in [1.165, 1.54) is 26.4 Å². The maximum Gasteiger partial charge on any atom is 0.304 e. The second-order valence-corrected chi connectivity index (χ2v) is 5.29. The van der Waals surface area contributed by atoms with E-state index < -0.39 is 16.0 Å². The molecule has 7 nitrogen and oxygen atoms in total. The highest BCUT2D eigenvalue weighted by Gasteiger charge is 2.20. The summed E-state index contributed by atoms with van der Waals surface area (Å²) < 4.78 is 36.2. The van der Waals surface area contributed by atoms with Crippen molar-refractivity contribution in [3.05, 3.63) is 18.2 Å². The van der Waals surface area contributed by atoms with Crippen LogP contribution in [0.1, 0.15) is 6.42 Å². The smallest absolute Gasteiger partial charge is 0.304 e. The SMILES string of the molecule is COc1ccc(OC)c(S(=O)(=O)NCCC(=O)O)c1. The first-order valence-electron chi connectivity index (χ1n) is 5.34. The van der Waals surface area contributed by atoms with E-state index in [2.05, 4.69) is 4.72 Å². The zero-order valence-corrected chi connectivity index (χ0v) is 11.4. The lowest BCUT2D eigenvalue weighted by atomic mass is 10.3. The van der Waals surface area contributed by atoms with Crippen molar-refractivity contribution in [3.63, 3.8) is 0 Å². The van der Waals surface area contributed by atoms with Crippen molar-refractivity contribution in [2.45, 2.75) is 11.3 Å². The second kappa shape index (κ2) is 6.39. The predicted octanol–water partition coefficient (Wildman–Crippen LogP) is 0.457. The Hall–Kier alpha value is -1.80. The zero-order chi connectivity index (χ0) is 14.5. The molecular weight excluding hydrogens is 274 g/mol. The quantitative estimate of drug-likeness (QED) is 0.756. The first kappa shape index (κ1) is 15.3. The van der Waals surface area contributed by atoms with Crippen molar-refractivity contribution in [3.8, 4) is 11.5 Å². The van der Waals surface area contributed by atoms with Gasteiger partial charge in [-0.15, -0.1) is 0 Å². The van der Waals surface area contributed by atoms with E-state index in [0.717, 1.165) is 0 Å². The molecule has 0 spiro atoms. The third kappa shape index (κ3) is 4.11. The van der Waals surface area contributed by atoms with Crippen LogP contribution in [0.5, 0.6) is 11.5 Å². The summed E-state index contributed by atoms with van der Waals surface area (Å²) in [6, 6.07) is 4.33. The van der Waals surface area contributed by atoms with Crippen molar-refractivity contribution in [1.82, 2.24) is 4.72 Å². The number of carboxylic acid groups (broad SMARTS) is 1. The summed E-state index contributed by atoms with van der Waals surface area (Å²) in [5, 5.41) is 8.48. The molecule has 0 aliphatic heterocycles. The first-order chi connectivity index (χ1) is 8.90. The van der Waals surface area contributed by atoms with Crippen molar-refractivity contribution in [2.75, 3.05) is 20.8 Å². The number of methoxy groups -OCH3 is 2. The lowest BCUT2D eigenvalue weighted by Gasteiger charge is -2.11. The minimum absolute atomic E-state index is 0.0975. The summed E-state index contributed by atoms with van der Waals surface area (Å²) in [4.78, 5) is 10.3. The molecule has 2 N–H and O–H groups in total. The van der Waals surface area contributed by atoms with E-state index >= 15 is 0 Å². The molecule has 1 aromatic carbocycles. The molecule has 0 atom stereocenters. The van der Waals surface area contributed by atoms with Gasteiger partial charge in [-0.25, -0.2) is 13.1 Å². The van der Waals surface area contributed by atoms with E-state index in [0.29, 0.717) is 5.75 Å². The van der Waals surface area contributed by atoms with Crippen LogP contribution in [-0.2, 0) is 14.8 Å². The zero-order valence-electron chi connectivity index (χ0n) is 10.5. The third-order valence-corrected chi connectivity index (χ3v) is 3.77. The van der Waals surface area contributed by atoms with Crippen LogP contribution >= 0.6 is 0 Å². The van der Waals surface area contributed by atoms with Crippen LogP contribution in [-0.4, -0.2) is 40.3 Å². The number of rotatable bonds is 7. The summed E-state index contributed by atoms with van der Waals surface area (Å²) in [5.41, 5.74) is 0. The monoisotopic (exact) mass is 289 g/mol. The van der Waals surface area contributed by atoms with Crippen LogP contribution < -0.4 is 14.2 Å². The number of nitrogens with one attached hydrogen (secondary N) is 1. The fraction of sp³-hybridized carbons (Fsp3) is 0.364. The summed E-state index contributed by atoms with van der Waals surface area (Å²) in [5.74, 6) is -0.566. The molecule has 0 unspecified atom stereocenters. The van der Waals surface area contributed by atoms with E-state index in [1.807, 2.05) is 0 Å². The van der Waals surface area contributed by atoms with Gasteiger partial charge in [-0.3, -0.25) is 4.79 Å². The lowest BCUT2D eigenvalue weighted by molar-refractivity contribution is -0.136. The molecule has 0 fully saturated rings. The van der Waals surface area contributed by atoms with Crippen LogP contribution in [0.3, 0.4) is 0 Å². The van der Waals surface area contributed by atoms with Gasteiger partial charge in [0.2, 0.25) is 10.0 Å². The predicted molar refractivity (Wildman–Crippen MR) is 67.0 cm³/mol. The minimum Gasteiger partial charge on any atom is -0.497 e. The Morgan fingerprint density at radius 1 is 1.32 bits per heavy atom. The fourth-order valence-electron chi connectivity index (χ4n) is 1.36. The standard InChI is InChI=1S/C11H15NO6S/c1-17-8-3-4-9(18-2)10(7-8)19(15,16)12-6-5-11(13)14/h3-4,7,12H,5-6H2,1-2H3,(H,13,14). The Kier molecular flexibility index (Phi) is 5.13. The van der Waals surface area contributed by atoms with Crippen molar-refractivity contribution in [2.24, 2.45) is 0 Å². The summed E-state index contributed by atoms with van der Waals surface area (Å²) >= 11 is 0. The molecule has 0 aromatic heterocycles. The summed E-state index contributed by atoms with van der Waals surface area (Å²) in [6.45, 7) is -0.196. The van der Waals surface area contributed by atoms with Gasteiger partial charge < -0.3 is 14.6 Å². The maximum absolute atomic E-state index is 12.0. The molecule has 1 rings (SSSR count). The highest BCUT2D eigenvalue weighted by Crippen LogP contribution is 2.27. The van der Waals surface area contributed by atoms with Gasteiger partial charge in [-0.2, -0.15) is 0 Å². The number of hydrogen-bond acceptors (Lipinski definition) is 5. The fourth-order valence-corrected chi connectivity index (χ4v) is 2.58. The van der Waals surface area contributed by atoms with Crippen LogP contribution in [0.25, 0.3) is 0 Å². The molecule has 0 bridgehead atoms. The number of benzene rings is 1. The number of carbonyl (C=O) groups is 1. The van der Waals surface area contributed by atoms with E-state index in [4.69, 9.17) is 14.6 Å². The van der Waals surface area contributed by atoms with Gasteiger partial charge in [-0.1, -0.05) is 0 Å². The molecule has 8 heteroatoms. The molecule has 0 aliphatic carbocycles. The molecule has 0 saturated heterocycles. The Bertz CT molecular complexity index is 554. The number of aliphatic carboxylic acids is 1. The van der Waals surface area contributed by atoms with Gasteiger partial charge in [0.25, 0.3) is 0 Å². The summed E-state index contributed by atoms with van der Waals surface area (Å²) in [6.07, 6.45) is -0.300. The topological polar surface area (TPSA) is 102 Å². The van der Waals surface area contributed by atoms with Crippen LogP contribution in [0.15, 0.2) is 23.1 Å². The molecule has 0 amide bonds. The highest BCUT2D eigenvalue weighted by molar-refractivity contribution is 7.89. The molecule has 0 heterocycles. The van der Waals surface area contributed by atoms with Crippen molar-refractivity contribution < 1.29 is 27.8 Å². The number of sulfonamides is 1. The molecule has 0 saturated carbocycles. The van der Waals surface area contributed by atoms with Gasteiger partial charge in [0.05, 0.1) is 20.6 Å². The average molecular weight is 289 g/mol. The van der Waals surface area contributed by atoms with Gasteiger partial charge in [0.1, 0.15) is 16.4 Å². The van der Waals surface area contributed by atoms with Crippen LogP contribution in [0, 0.1) is 0 Å². The van der Waals surface area contributed by atoms with E-state index in [1.54, 1.807) is 6.07 Å². The Labute approximate surface area is 111 Å². The molecule has 1 aromatic rings. The lowest BCUT2D eigenvalue weighted by Crippen LogP contribution is -2.26. The molecule has 106 valence electrons. The van der Waals surface area contributed by atoms with E-state index in [-0.39, 0.29) is 23.6 Å². The van der Waals surface area contributed by atoms with Crippen LogP contribution in [0.2, 0.25) is 0 Å². The number of ether oxygens (including phenoxy) is 2. The molecular formula is C11H15NO6S. The Balaban J connectivity index is 3.01. The highest BCUT2D eigenvalue weighted by atomic mass is 32.2. The average Bonchev–Trinajstić information content (AvgIpc) is 2.37. The molecule has 0 radical (unpaired) electrons. The number of carboxylic acids is 1. The van der Waals surface area contributed by atoms with Crippen LogP contribution in [0.4, 0.5) is 0 Å². The largest absolute Gasteiger partial charge is 0.497 e. The van der Waals surface area contributed by atoms with Crippen molar-refractivity contribution in [1.29, 1.82) is 0 Å². The van der Waals surface area contributed by atoms with Gasteiger partial charge in [0, 0.05) is 12.6 Å². The van der Waals surface area contributed by atoms with Crippen molar-refractivity contribution >= 4 is 16.0 Å². The summed E-state index contributed by atoms with van der Waals surface area (Å²) in [7, 11) is -1.09. The Morgan fingerprint density at radius 3 is 2.53 bits per heavy atom. The number of hydrogen-bond donors (Lipinski definition) is 2. The minimum atomic E-state index is -3.85. The molecule has 19 heavy (non-hydrogen) atoms. The van der Waals surface area contributed by atoms with Gasteiger partial charge in [0.15, 0.2) is 0 Å². The van der Waals surface area contributed by atoms with E-state index in [9.17, 15) is 13.2 Å².